The maximum Gasteiger partial charge on any atom is 0.240 e. The number of methoxy groups -OCH3 is 1. The zero-order valence-electron chi connectivity index (χ0n) is 9.19. The molecule has 5 heteroatoms. The van der Waals surface area contributed by atoms with Crippen molar-refractivity contribution in [2.45, 2.75) is 6.42 Å². The fourth-order valence-electron chi connectivity index (χ4n) is 1.98. The first kappa shape index (κ1) is 10.8. The van der Waals surface area contributed by atoms with E-state index in [2.05, 4.69) is 0 Å². The Morgan fingerprint density at radius 1 is 1.56 bits per heavy atom. The van der Waals surface area contributed by atoms with Gasteiger partial charge in [0.15, 0.2) is 0 Å². The molecule has 1 aliphatic rings. The van der Waals surface area contributed by atoms with Gasteiger partial charge in [-0.25, -0.2) is 0 Å². The fourth-order valence-corrected chi connectivity index (χ4v) is 1.98. The second-order valence-corrected chi connectivity index (χ2v) is 3.72. The summed E-state index contributed by atoms with van der Waals surface area (Å²) < 4.78 is 5.14. The number of rotatable bonds is 2. The molecule has 1 aromatic carbocycles. The van der Waals surface area contributed by atoms with E-state index < -0.39 is 0 Å². The molecule has 5 nitrogen and oxygen atoms in total. The second-order valence-electron chi connectivity index (χ2n) is 3.72. The Balaban J connectivity index is 2.41. The number of fused-ring (bicyclic) bond motifs is 1. The van der Waals surface area contributed by atoms with Crippen molar-refractivity contribution in [3.8, 4) is 5.75 Å². The van der Waals surface area contributed by atoms with Crippen LogP contribution in [0.5, 0.6) is 5.75 Å². The highest BCUT2D eigenvalue weighted by atomic mass is 16.5. The summed E-state index contributed by atoms with van der Waals surface area (Å²) in [5.41, 5.74) is 13.6. The Morgan fingerprint density at radius 3 is 2.94 bits per heavy atom. The van der Waals surface area contributed by atoms with Gasteiger partial charge in [0.05, 0.1) is 19.3 Å². The lowest BCUT2D eigenvalue weighted by Crippen LogP contribution is -2.34. The molecule has 4 N–H and O–H groups in total. The number of anilines is 2. The third-order valence-corrected chi connectivity index (χ3v) is 2.80. The Morgan fingerprint density at radius 2 is 2.31 bits per heavy atom. The number of benzene rings is 1. The molecule has 0 atom stereocenters. The molecule has 86 valence electrons. The average Bonchev–Trinajstić information content (AvgIpc) is 2.69. The normalized spacial score (nSPS) is 13.8. The highest BCUT2D eigenvalue weighted by molar-refractivity contribution is 5.97. The van der Waals surface area contributed by atoms with Crippen LogP contribution in [0.2, 0.25) is 0 Å². The summed E-state index contributed by atoms with van der Waals surface area (Å²) in [5.74, 6) is 0.573. The second kappa shape index (κ2) is 4.02. The Bertz CT molecular complexity index is 431. The Kier molecular flexibility index (Phi) is 2.70. The van der Waals surface area contributed by atoms with Crippen molar-refractivity contribution < 1.29 is 9.53 Å². The van der Waals surface area contributed by atoms with E-state index in [1.807, 2.05) is 6.07 Å². The van der Waals surface area contributed by atoms with Gasteiger partial charge in [-0.1, -0.05) is 0 Å². The van der Waals surface area contributed by atoms with E-state index in [1.165, 1.54) is 0 Å². The van der Waals surface area contributed by atoms with Crippen molar-refractivity contribution in [1.29, 1.82) is 0 Å². The van der Waals surface area contributed by atoms with Gasteiger partial charge in [0, 0.05) is 12.2 Å². The molecular weight excluding hydrogens is 206 g/mol. The average molecular weight is 221 g/mol. The third kappa shape index (κ3) is 1.59. The molecule has 1 aliphatic heterocycles. The summed E-state index contributed by atoms with van der Waals surface area (Å²) in [6.45, 7) is 0.684. The van der Waals surface area contributed by atoms with Crippen molar-refractivity contribution in [3.05, 3.63) is 17.7 Å². The number of carbonyl (C=O) groups is 1. The number of nitrogens with two attached hydrogens (primary N) is 2. The monoisotopic (exact) mass is 221 g/mol. The third-order valence-electron chi connectivity index (χ3n) is 2.80. The molecule has 16 heavy (non-hydrogen) atoms. The maximum atomic E-state index is 11.6. The lowest BCUT2D eigenvalue weighted by atomic mass is 10.1. The summed E-state index contributed by atoms with van der Waals surface area (Å²) >= 11 is 0. The summed E-state index contributed by atoms with van der Waals surface area (Å²) in [7, 11) is 1.58. The SMILES string of the molecule is COc1cc2c(cc1N)N(C(=O)CN)CC2. The molecule has 0 bridgehead atoms. The zero-order chi connectivity index (χ0) is 11.7. The molecule has 0 radical (unpaired) electrons. The highest BCUT2D eigenvalue weighted by Crippen LogP contribution is 2.35. The van der Waals surface area contributed by atoms with Crippen molar-refractivity contribution >= 4 is 17.3 Å². The van der Waals surface area contributed by atoms with Crippen LogP contribution in [0.25, 0.3) is 0 Å². The lowest BCUT2D eigenvalue weighted by molar-refractivity contribution is -0.117. The summed E-state index contributed by atoms with van der Waals surface area (Å²) in [5, 5.41) is 0. The number of amides is 1. The first-order valence-corrected chi connectivity index (χ1v) is 5.14. The topological polar surface area (TPSA) is 81.6 Å². The molecule has 2 rings (SSSR count). The molecular formula is C11H15N3O2. The first-order chi connectivity index (χ1) is 7.67. The van der Waals surface area contributed by atoms with Crippen molar-refractivity contribution in [1.82, 2.24) is 0 Å². The van der Waals surface area contributed by atoms with Gasteiger partial charge >= 0.3 is 0 Å². The number of ether oxygens (including phenoxy) is 1. The number of hydrogen-bond donors (Lipinski definition) is 2. The van der Waals surface area contributed by atoms with Crippen LogP contribution in [0.4, 0.5) is 11.4 Å². The highest BCUT2D eigenvalue weighted by Gasteiger charge is 2.25. The van der Waals surface area contributed by atoms with Gasteiger partial charge < -0.3 is 21.1 Å². The quantitative estimate of drug-likeness (QED) is 0.695. The van der Waals surface area contributed by atoms with E-state index in [0.717, 1.165) is 17.7 Å². The fraction of sp³-hybridized carbons (Fsp3) is 0.364. The van der Waals surface area contributed by atoms with Crippen LogP contribution >= 0.6 is 0 Å². The maximum absolute atomic E-state index is 11.6. The molecule has 1 heterocycles. The Labute approximate surface area is 94.0 Å². The minimum atomic E-state index is -0.0803. The summed E-state index contributed by atoms with van der Waals surface area (Å²) in [6.07, 6.45) is 0.817. The van der Waals surface area contributed by atoms with E-state index in [4.69, 9.17) is 16.2 Å². The zero-order valence-corrected chi connectivity index (χ0v) is 9.19. The van der Waals surface area contributed by atoms with Gasteiger partial charge in [0.1, 0.15) is 5.75 Å². The van der Waals surface area contributed by atoms with Gasteiger partial charge in [-0.15, -0.1) is 0 Å². The smallest absolute Gasteiger partial charge is 0.240 e. The summed E-state index contributed by atoms with van der Waals surface area (Å²) in [6, 6.07) is 3.66. The molecule has 0 spiro atoms. The molecule has 0 fully saturated rings. The number of hydrogen-bond acceptors (Lipinski definition) is 4. The predicted molar refractivity (Wildman–Crippen MR) is 62.5 cm³/mol. The molecule has 1 aromatic rings. The van der Waals surface area contributed by atoms with E-state index in [-0.39, 0.29) is 12.5 Å². The standard InChI is InChI=1S/C11H15N3O2/c1-16-10-4-7-2-3-14(11(15)6-12)9(7)5-8(10)13/h4-5H,2-3,6,12-13H2,1H3. The van der Waals surface area contributed by atoms with Crippen LogP contribution in [-0.4, -0.2) is 26.1 Å². The predicted octanol–water partition coefficient (Wildman–Crippen LogP) is 0.125. The van der Waals surface area contributed by atoms with Gasteiger partial charge in [0.2, 0.25) is 5.91 Å². The van der Waals surface area contributed by atoms with Crippen LogP contribution < -0.4 is 21.1 Å². The first-order valence-electron chi connectivity index (χ1n) is 5.14. The van der Waals surface area contributed by atoms with Crippen molar-refractivity contribution in [2.24, 2.45) is 5.73 Å². The van der Waals surface area contributed by atoms with Crippen LogP contribution in [0.15, 0.2) is 12.1 Å². The van der Waals surface area contributed by atoms with Crippen LogP contribution in [-0.2, 0) is 11.2 Å². The molecule has 0 saturated carbocycles. The number of carbonyl (C=O) groups excluding carboxylic acids is 1. The molecule has 1 amide bonds. The number of nitrogen functional groups attached to an aromatic ring is 1. The summed E-state index contributed by atoms with van der Waals surface area (Å²) in [4.78, 5) is 13.2. The van der Waals surface area contributed by atoms with Crippen molar-refractivity contribution in [2.75, 3.05) is 30.8 Å². The van der Waals surface area contributed by atoms with Gasteiger partial charge in [-0.05, 0) is 24.1 Å². The molecule has 0 aromatic heterocycles. The molecule has 0 unspecified atom stereocenters. The van der Waals surface area contributed by atoms with E-state index in [9.17, 15) is 4.79 Å². The Hall–Kier alpha value is -1.75. The van der Waals surface area contributed by atoms with Gasteiger partial charge in [0.25, 0.3) is 0 Å². The van der Waals surface area contributed by atoms with Gasteiger partial charge in [-0.2, -0.15) is 0 Å². The van der Waals surface area contributed by atoms with Crippen molar-refractivity contribution in [3.63, 3.8) is 0 Å². The molecule has 0 aliphatic carbocycles. The molecule has 0 saturated heterocycles. The van der Waals surface area contributed by atoms with E-state index >= 15 is 0 Å². The van der Waals surface area contributed by atoms with E-state index in [1.54, 1.807) is 18.1 Å². The van der Waals surface area contributed by atoms with Crippen LogP contribution in [0, 0.1) is 0 Å². The number of nitrogens with zero attached hydrogens (tertiary/aromatic N) is 1. The van der Waals surface area contributed by atoms with Crippen LogP contribution in [0.3, 0.4) is 0 Å². The lowest BCUT2D eigenvalue weighted by Gasteiger charge is -2.17. The van der Waals surface area contributed by atoms with Gasteiger partial charge in [-0.3, -0.25) is 4.79 Å². The largest absolute Gasteiger partial charge is 0.495 e. The minimum absolute atomic E-state index is 0.0192. The van der Waals surface area contributed by atoms with Crippen LogP contribution in [0.1, 0.15) is 5.56 Å². The van der Waals surface area contributed by atoms with E-state index in [0.29, 0.717) is 18.0 Å². The minimum Gasteiger partial charge on any atom is -0.495 e.